The number of hydrogen-bond donors (Lipinski definition) is 0. The van der Waals surface area contributed by atoms with Gasteiger partial charge in [0.2, 0.25) is 5.89 Å². The van der Waals surface area contributed by atoms with Crippen LogP contribution < -0.4 is 0 Å². The number of nitrogens with zero attached hydrogens (tertiary/aromatic N) is 3. The van der Waals surface area contributed by atoms with Crippen LogP contribution in [0.2, 0.25) is 0 Å². The molecule has 1 spiro atoms. The fourth-order valence-electron chi connectivity index (χ4n) is 2.82. The molecule has 1 aromatic rings. The first-order valence-corrected chi connectivity index (χ1v) is 7.47. The molecule has 2 aliphatic heterocycles. The third-order valence-corrected chi connectivity index (χ3v) is 3.89. The van der Waals surface area contributed by atoms with Gasteiger partial charge < -0.3 is 14.0 Å². The smallest absolute Gasteiger partial charge is 0.226 e. The van der Waals surface area contributed by atoms with E-state index in [1.165, 1.54) is 0 Å². The van der Waals surface area contributed by atoms with Gasteiger partial charge in [-0.05, 0) is 5.92 Å². The zero-order valence-corrected chi connectivity index (χ0v) is 12.3. The molecule has 0 saturated carbocycles. The summed E-state index contributed by atoms with van der Waals surface area (Å²) >= 11 is 0. The molecule has 2 saturated heterocycles. The molecule has 6 heteroatoms. The minimum atomic E-state index is -0.309. The first-order chi connectivity index (χ1) is 9.65. The Hall–Kier alpha value is -0.980. The van der Waals surface area contributed by atoms with Gasteiger partial charge >= 0.3 is 0 Å². The van der Waals surface area contributed by atoms with Crippen molar-refractivity contribution in [3.63, 3.8) is 0 Å². The van der Waals surface area contributed by atoms with E-state index in [-0.39, 0.29) is 5.79 Å². The van der Waals surface area contributed by atoms with Crippen LogP contribution in [-0.2, 0) is 22.4 Å². The highest BCUT2D eigenvalue weighted by Crippen LogP contribution is 2.31. The molecule has 0 amide bonds. The normalized spacial score (nSPS) is 22.9. The van der Waals surface area contributed by atoms with E-state index in [1.807, 2.05) is 0 Å². The second kappa shape index (κ2) is 5.79. The summed E-state index contributed by atoms with van der Waals surface area (Å²) < 4.78 is 16.7. The Morgan fingerprint density at radius 1 is 1.20 bits per heavy atom. The van der Waals surface area contributed by atoms with Crippen molar-refractivity contribution in [1.29, 1.82) is 0 Å². The Bertz CT molecular complexity index is 431. The molecule has 0 bridgehead atoms. The van der Waals surface area contributed by atoms with Crippen LogP contribution in [0.4, 0.5) is 0 Å². The lowest BCUT2D eigenvalue weighted by molar-refractivity contribution is -0.186. The van der Waals surface area contributed by atoms with Crippen LogP contribution in [0, 0.1) is 5.92 Å². The van der Waals surface area contributed by atoms with Crippen molar-refractivity contribution in [2.45, 2.75) is 45.4 Å². The zero-order chi connectivity index (χ0) is 14.0. The van der Waals surface area contributed by atoms with E-state index < -0.39 is 0 Å². The zero-order valence-electron chi connectivity index (χ0n) is 12.3. The quantitative estimate of drug-likeness (QED) is 0.835. The van der Waals surface area contributed by atoms with Gasteiger partial charge in [0.1, 0.15) is 0 Å². The lowest BCUT2D eigenvalue weighted by atomic mass is 10.0. The highest BCUT2D eigenvalue weighted by molar-refractivity contribution is 4.90. The van der Waals surface area contributed by atoms with Gasteiger partial charge in [0.15, 0.2) is 11.6 Å². The van der Waals surface area contributed by atoms with Crippen molar-refractivity contribution in [3.05, 3.63) is 11.7 Å². The van der Waals surface area contributed by atoms with Crippen molar-refractivity contribution in [3.8, 4) is 0 Å². The van der Waals surface area contributed by atoms with Crippen LogP contribution in [0.1, 0.15) is 38.4 Å². The van der Waals surface area contributed by atoms with E-state index in [2.05, 4.69) is 28.9 Å². The molecule has 0 unspecified atom stereocenters. The molecule has 0 aromatic carbocycles. The summed E-state index contributed by atoms with van der Waals surface area (Å²) in [4.78, 5) is 6.79. The van der Waals surface area contributed by atoms with Gasteiger partial charge in [-0.25, -0.2) is 0 Å². The summed E-state index contributed by atoms with van der Waals surface area (Å²) in [6.45, 7) is 8.40. The molecule has 112 valence electrons. The van der Waals surface area contributed by atoms with Crippen LogP contribution >= 0.6 is 0 Å². The van der Waals surface area contributed by atoms with E-state index in [1.54, 1.807) is 0 Å². The molecule has 2 aliphatic rings. The first kappa shape index (κ1) is 14.0. The largest absolute Gasteiger partial charge is 0.347 e. The van der Waals surface area contributed by atoms with Crippen molar-refractivity contribution in [2.75, 3.05) is 26.3 Å². The van der Waals surface area contributed by atoms with Crippen molar-refractivity contribution in [1.82, 2.24) is 15.0 Å². The third kappa shape index (κ3) is 3.19. The molecule has 0 N–H and O–H groups in total. The van der Waals surface area contributed by atoms with E-state index in [9.17, 15) is 0 Å². The number of likely N-dealkylation sites (tertiary alicyclic amines) is 1. The molecule has 1 aromatic heterocycles. The first-order valence-electron chi connectivity index (χ1n) is 7.47. The average molecular weight is 281 g/mol. The SMILES string of the molecule is CC(C)Cc1nc(CN2CCC3(CC2)OCCO3)no1. The van der Waals surface area contributed by atoms with Crippen molar-refractivity contribution >= 4 is 0 Å². The molecule has 3 rings (SSSR count). The van der Waals surface area contributed by atoms with Crippen LogP contribution in [-0.4, -0.2) is 47.1 Å². The lowest BCUT2D eigenvalue weighted by Gasteiger charge is -2.36. The fourth-order valence-corrected chi connectivity index (χ4v) is 2.82. The highest BCUT2D eigenvalue weighted by Gasteiger charge is 2.39. The predicted molar refractivity (Wildman–Crippen MR) is 72.0 cm³/mol. The van der Waals surface area contributed by atoms with Crippen LogP contribution in [0.25, 0.3) is 0 Å². The molecule has 6 nitrogen and oxygen atoms in total. The molecule has 2 fully saturated rings. The number of aromatic nitrogens is 2. The van der Waals surface area contributed by atoms with E-state index in [4.69, 9.17) is 14.0 Å². The Kier molecular flexibility index (Phi) is 4.05. The maximum atomic E-state index is 5.73. The van der Waals surface area contributed by atoms with Gasteiger partial charge in [-0.15, -0.1) is 0 Å². The summed E-state index contributed by atoms with van der Waals surface area (Å²) in [5.41, 5.74) is 0. The topological polar surface area (TPSA) is 60.6 Å². The number of rotatable bonds is 4. The van der Waals surface area contributed by atoms with Crippen LogP contribution in [0.5, 0.6) is 0 Å². The van der Waals surface area contributed by atoms with Gasteiger partial charge in [0.05, 0.1) is 19.8 Å². The van der Waals surface area contributed by atoms with Crippen molar-refractivity contribution < 1.29 is 14.0 Å². The van der Waals surface area contributed by atoms with Gasteiger partial charge in [-0.3, -0.25) is 4.90 Å². The molecule has 20 heavy (non-hydrogen) atoms. The Morgan fingerprint density at radius 2 is 1.90 bits per heavy atom. The number of piperidine rings is 1. The Morgan fingerprint density at radius 3 is 2.55 bits per heavy atom. The summed E-state index contributed by atoms with van der Waals surface area (Å²) in [5, 5.41) is 4.06. The van der Waals surface area contributed by atoms with Gasteiger partial charge in [0.25, 0.3) is 0 Å². The van der Waals surface area contributed by atoms with E-state index in [0.29, 0.717) is 5.92 Å². The Balaban J connectivity index is 1.50. The van der Waals surface area contributed by atoms with Crippen molar-refractivity contribution in [2.24, 2.45) is 5.92 Å². The second-order valence-corrected chi connectivity index (χ2v) is 6.09. The van der Waals surface area contributed by atoms with Gasteiger partial charge in [0, 0.05) is 32.4 Å². The van der Waals surface area contributed by atoms with Gasteiger partial charge in [-0.2, -0.15) is 4.98 Å². The average Bonchev–Trinajstić information content (AvgIpc) is 3.02. The molecule has 0 atom stereocenters. The second-order valence-electron chi connectivity index (χ2n) is 6.09. The molecular formula is C14H23N3O3. The summed E-state index contributed by atoms with van der Waals surface area (Å²) in [5.74, 6) is 1.75. The third-order valence-electron chi connectivity index (χ3n) is 3.89. The van der Waals surface area contributed by atoms with E-state index in [0.717, 1.165) is 63.8 Å². The minimum Gasteiger partial charge on any atom is -0.347 e. The maximum absolute atomic E-state index is 5.73. The van der Waals surface area contributed by atoms with Crippen LogP contribution in [0.15, 0.2) is 4.52 Å². The summed E-state index contributed by atoms with van der Waals surface area (Å²) in [6, 6.07) is 0. The monoisotopic (exact) mass is 281 g/mol. The fraction of sp³-hybridized carbons (Fsp3) is 0.857. The number of hydrogen-bond acceptors (Lipinski definition) is 6. The standard InChI is InChI=1S/C14H23N3O3/c1-11(2)9-13-15-12(16-20-13)10-17-5-3-14(4-6-17)18-7-8-19-14/h11H,3-10H2,1-2H3. The molecule has 0 aliphatic carbocycles. The van der Waals surface area contributed by atoms with Crippen LogP contribution in [0.3, 0.4) is 0 Å². The minimum absolute atomic E-state index is 0.309. The summed E-state index contributed by atoms with van der Waals surface area (Å²) in [6.07, 6.45) is 2.69. The molecule has 0 radical (unpaired) electrons. The Labute approximate surface area is 119 Å². The van der Waals surface area contributed by atoms with Gasteiger partial charge in [-0.1, -0.05) is 19.0 Å². The molecular weight excluding hydrogens is 258 g/mol. The predicted octanol–water partition coefficient (Wildman–Crippen LogP) is 1.61. The highest BCUT2D eigenvalue weighted by atomic mass is 16.7. The maximum Gasteiger partial charge on any atom is 0.226 e. The molecule has 3 heterocycles. The summed E-state index contributed by atoms with van der Waals surface area (Å²) in [7, 11) is 0. The lowest BCUT2D eigenvalue weighted by Crippen LogP contribution is -2.44. The number of ether oxygens (including phenoxy) is 2. The van der Waals surface area contributed by atoms with E-state index >= 15 is 0 Å².